The van der Waals surface area contributed by atoms with Crippen molar-refractivity contribution >= 4 is 0 Å². The third kappa shape index (κ3) is 3.69. The molecule has 0 spiro atoms. The van der Waals surface area contributed by atoms with Crippen LogP contribution in [-0.4, -0.2) is 41.3 Å². The Balaban J connectivity index is 1.77. The lowest BCUT2D eigenvalue weighted by atomic mass is 9.78. The summed E-state index contributed by atoms with van der Waals surface area (Å²) in [5.41, 5.74) is 5.61. The molecule has 18 heavy (non-hydrogen) atoms. The first-order valence-electron chi connectivity index (χ1n) is 7.76. The molecule has 1 aliphatic heterocycles. The van der Waals surface area contributed by atoms with Crippen molar-refractivity contribution in [3.8, 4) is 0 Å². The summed E-state index contributed by atoms with van der Waals surface area (Å²) in [6, 6.07) is 0.852. The van der Waals surface area contributed by atoms with Gasteiger partial charge in [0.2, 0.25) is 0 Å². The van der Waals surface area contributed by atoms with Gasteiger partial charge >= 0.3 is 0 Å². The van der Waals surface area contributed by atoms with Gasteiger partial charge in [-0.15, -0.1) is 0 Å². The molecule has 2 aliphatic rings. The van der Waals surface area contributed by atoms with E-state index in [0.29, 0.717) is 0 Å². The molecule has 1 heterocycles. The van der Waals surface area contributed by atoms with Crippen molar-refractivity contribution in [2.75, 3.05) is 19.7 Å². The van der Waals surface area contributed by atoms with Crippen molar-refractivity contribution in [3.05, 3.63) is 0 Å². The molecule has 2 rings (SSSR count). The summed E-state index contributed by atoms with van der Waals surface area (Å²) in [4.78, 5) is 2.71. The van der Waals surface area contributed by atoms with Crippen molar-refractivity contribution in [1.82, 2.24) is 4.90 Å². The van der Waals surface area contributed by atoms with Crippen molar-refractivity contribution in [1.29, 1.82) is 0 Å². The van der Waals surface area contributed by atoms with Crippen LogP contribution in [0.2, 0.25) is 0 Å². The zero-order valence-corrected chi connectivity index (χ0v) is 11.9. The Bertz CT molecular complexity index is 253. The molecule has 0 bridgehead atoms. The van der Waals surface area contributed by atoms with Crippen LogP contribution in [0, 0.1) is 5.92 Å². The van der Waals surface area contributed by atoms with E-state index >= 15 is 0 Å². The van der Waals surface area contributed by atoms with Crippen LogP contribution in [0.3, 0.4) is 0 Å². The third-order valence-corrected chi connectivity index (χ3v) is 4.91. The summed E-state index contributed by atoms with van der Waals surface area (Å²) in [5.74, 6) is 0.967. The molecule has 0 aromatic carbocycles. The fourth-order valence-corrected chi connectivity index (χ4v) is 3.77. The lowest BCUT2D eigenvalue weighted by molar-refractivity contribution is 0.0572. The van der Waals surface area contributed by atoms with Crippen molar-refractivity contribution in [2.45, 2.75) is 69.9 Å². The van der Waals surface area contributed by atoms with Crippen molar-refractivity contribution < 1.29 is 5.11 Å². The molecule has 0 aromatic heterocycles. The first-order chi connectivity index (χ1) is 8.62. The van der Waals surface area contributed by atoms with Crippen molar-refractivity contribution in [2.24, 2.45) is 11.7 Å². The first kappa shape index (κ1) is 14.3. The SMILES string of the molecule is CC(N)(CO)CCCN1CCCC2CCCCC21. The normalized spacial score (nSPS) is 32.8. The number of hydrogen-bond donors (Lipinski definition) is 2. The summed E-state index contributed by atoms with van der Waals surface area (Å²) in [5, 5.41) is 9.18. The number of hydrogen-bond acceptors (Lipinski definition) is 3. The first-order valence-corrected chi connectivity index (χ1v) is 7.76. The van der Waals surface area contributed by atoms with Crippen LogP contribution in [0.1, 0.15) is 58.3 Å². The minimum Gasteiger partial charge on any atom is -0.394 e. The van der Waals surface area contributed by atoms with Crippen LogP contribution >= 0.6 is 0 Å². The number of piperidine rings is 1. The fourth-order valence-electron chi connectivity index (χ4n) is 3.77. The number of likely N-dealkylation sites (tertiary alicyclic amines) is 1. The van der Waals surface area contributed by atoms with Crippen LogP contribution in [0.25, 0.3) is 0 Å². The molecular formula is C15H30N2O. The summed E-state index contributed by atoms with van der Waals surface area (Å²) in [7, 11) is 0. The maximum Gasteiger partial charge on any atom is 0.0608 e. The van der Waals surface area contributed by atoms with Crippen LogP contribution in [0.5, 0.6) is 0 Å². The molecule has 3 atom stereocenters. The lowest BCUT2D eigenvalue weighted by Gasteiger charge is -2.44. The minimum absolute atomic E-state index is 0.0963. The van der Waals surface area contributed by atoms with E-state index in [4.69, 9.17) is 5.73 Å². The Labute approximate surface area is 112 Å². The van der Waals surface area contributed by atoms with Gasteiger partial charge in [0.15, 0.2) is 0 Å². The number of aliphatic hydroxyl groups is 1. The van der Waals surface area contributed by atoms with Gasteiger partial charge in [-0.2, -0.15) is 0 Å². The third-order valence-electron chi connectivity index (χ3n) is 4.91. The molecule has 1 saturated heterocycles. The van der Waals surface area contributed by atoms with Gasteiger partial charge in [-0.1, -0.05) is 12.8 Å². The maximum absolute atomic E-state index is 9.18. The Morgan fingerprint density at radius 1 is 1.22 bits per heavy atom. The maximum atomic E-state index is 9.18. The highest BCUT2D eigenvalue weighted by Crippen LogP contribution is 2.35. The molecule has 106 valence electrons. The highest BCUT2D eigenvalue weighted by molar-refractivity contribution is 4.87. The molecule has 3 unspecified atom stereocenters. The molecule has 0 aromatic rings. The summed E-state index contributed by atoms with van der Waals surface area (Å²) < 4.78 is 0. The molecule has 3 nitrogen and oxygen atoms in total. The van der Waals surface area contributed by atoms with E-state index in [2.05, 4.69) is 4.90 Å². The number of rotatable bonds is 5. The minimum atomic E-state index is -0.387. The fraction of sp³-hybridized carbons (Fsp3) is 1.00. The van der Waals surface area contributed by atoms with Crippen LogP contribution < -0.4 is 5.73 Å². The zero-order chi connectivity index (χ0) is 13.0. The second-order valence-electron chi connectivity index (χ2n) is 6.71. The van der Waals surface area contributed by atoms with Gasteiger partial charge in [0.1, 0.15) is 0 Å². The summed E-state index contributed by atoms with van der Waals surface area (Å²) in [6.07, 6.45) is 10.6. The van der Waals surface area contributed by atoms with Gasteiger partial charge in [-0.3, -0.25) is 0 Å². The average molecular weight is 254 g/mol. The van der Waals surface area contributed by atoms with E-state index in [1.165, 1.54) is 51.6 Å². The van der Waals surface area contributed by atoms with E-state index in [-0.39, 0.29) is 12.1 Å². The largest absolute Gasteiger partial charge is 0.394 e. The van der Waals surface area contributed by atoms with Crippen LogP contribution in [-0.2, 0) is 0 Å². The summed E-state index contributed by atoms with van der Waals surface area (Å²) >= 11 is 0. The number of nitrogens with two attached hydrogens (primary N) is 1. The molecule has 0 amide bonds. The van der Waals surface area contributed by atoms with Gasteiger partial charge in [0, 0.05) is 11.6 Å². The molecule has 2 fully saturated rings. The van der Waals surface area contributed by atoms with E-state index in [9.17, 15) is 5.11 Å². The predicted octanol–water partition coefficient (Wildman–Crippen LogP) is 2.13. The van der Waals surface area contributed by atoms with E-state index in [1.54, 1.807) is 0 Å². The van der Waals surface area contributed by atoms with E-state index in [0.717, 1.165) is 24.8 Å². The second-order valence-corrected chi connectivity index (χ2v) is 6.71. The number of aliphatic hydroxyl groups excluding tert-OH is 1. The zero-order valence-electron chi connectivity index (χ0n) is 11.9. The molecule has 3 N–H and O–H groups in total. The Morgan fingerprint density at radius 3 is 2.72 bits per heavy atom. The molecular weight excluding hydrogens is 224 g/mol. The van der Waals surface area contributed by atoms with Crippen LogP contribution in [0.4, 0.5) is 0 Å². The number of nitrogens with zero attached hydrogens (tertiary/aromatic N) is 1. The van der Waals surface area contributed by atoms with Gasteiger partial charge in [0.25, 0.3) is 0 Å². The molecule has 1 saturated carbocycles. The average Bonchev–Trinajstić information content (AvgIpc) is 2.39. The Kier molecular flexibility index (Phi) is 5.05. The predicted molar refractivity (Wildman–Crippen MR) is 75.5 cm³/mol. The second kappa shape index (κ2) is 6.36. The highest BCUT2D eigenvalue weighted by Gasteiger charge is 2.32. The topological polar surface area (TPSA) is 49.5 Å². The monoisotopic (exact) mass is 254 g/mol. The van der Waals surface area contributed by atoms with Gasteiger partial charge in [-0.05, 0) is 64.5 Å². The van der Waals surface area contributed by atoms with Crippen LogP contribution in [0.15, 0.2) is 0 Å². The smallest absolute Gasteiger partial charge is 0.0608 e. The van der Waals surface area contributed by atoms with Crippen molar-refractivity contribution in [3.63, 3.8) is 0 Å². The standard InChI is InChI=1S/C15H30N2O/c1-15(16,12-18)9-5-11-17-10-4-7-13-6-2-3-8-14(13)17/h13-14,18H,2-12,16H2,1H3. The Hall–Kier alpha value is -0.120. The molecule has 3 heteroatoms. The Morgan fingerprint density at radius 2 is 1.94 bits per heavy atom. The van der Waals surface area contributed by atoms with Gasteiger partial charge < -0.3 is 15.7 Å². The van der Waals surface area contributed by atoms with E-state index in [1.807, 2.05) is 6.92 Å². The lowest BCUT2D eigenvalue weighted by Crippen LogP contribution is -2.48. The summed E-state index contributed by atoms with van der Waals surface area (Å²) in [6.45, 7) is 4.50. The van der Waals surface area contributed by atoms with Gasteiger partial charge in [0.05, 0.1) is 6.61 Å². The quantitative estimate of drug-likeness (QED) is 0.790. The van der Waals surface area contributed by atoms with E-state index < -0.39 is 0 Å². The van der Waals surface area contributed by atoms with Gasteiger partial charge in [-0.25, -0.2) is 0 Å². The molecule has 1 aliphatic carbocycles. The number of fused-ring (bicyclic) bond motifs is 1. The molecule has 0 radical (unpaired) electrons. The highest BCUT2D eigenvalue weighted by atomic mass is 16.3.